The number of hydrogen-bond acceptors (Lipinski definition) is 6. The van der Waals surface area contributed by atoms with Crippen LogP contribution in [0.2, 0.25) is 0 Å². The van der Waals surface area contributed by atoms with Gasteiger partial charge in [-0.25, -0.2) is 0 Å². The van der Waals surface area contributed by atoms with Crippen molar-refractivity contribution in [2.75, 3.05) is 6.61 Å². The number of carbonyl (C=O) groups is 2. The minimum absolute atomic E-state index is 0.117. The maximum Gasteiger partial charge on any atom is 0.269 e. The molecule has 152 valence electrons. The highest BCUT2D eigenvalue weighted by Crippen LogP contribution is 2.18. The summed E-state index contributed by atoms with van der Waals surface area (Å²) >= 11 is 5.02. The molecule has 0 saturated carbocycles. The predicted octanol–water partition coefficient (Wildman–Crippen LogP) is 2.72. The van der Waals surface area contributed by atoms with Crippen molar-refractivity contribution in [1.82, 2.24) is 16.2 Å². The van der Waals surface area contributed by atoms with Crippen molar-refractivity contribution in [1.29, 1.82) is 0 Å². The zero-order valence-electron chi connectivity index (χ0n) is 15.6. The molecule has 0 saturated heterocycles. The number of nitrogens with zero attached hydrogens (tertiary/aromatic N) is 1. The monoisotopic (exact) mass is 416 g/mol. The number of amides is 2. The van der Waals surface area contributed by atoms with Gasteiger partial charge in [-0.15, -0.1) is 0 Å². The van der Waals surface area contributed by atoms with E-state index in [2.05, 4.69) is 16.2 Å². The summed E-state index contributed by atoms with van der Waals surface area (Å²) in [6.07, 6.45) is 1.83. The van der Waals surface area contributed by atoms with Gasteiger partial charge >= 0.3 is 0 Å². The number of thiocarbonyl (C=S) groups is 1. The van der Waals surface area contributed by atoms with Gasteiger partial charge in [0.2, 0.25) is 0 Å². The maximum atomic E-state index is 12.4. The summed E-state index contributed by atoms with van der Waals surface area (Å²) in [7, 11) is 0. The van der Waals surface area contributed by atoms with E-state index in [1.165, 1.54) is 24.3 Å². The molecule has 0 aliphatic carbocycles. The Bertz CT molecular complexity index is 902. The zero-order chi connectivity index (χ0) is 21.2. The number of non-ortho nitro benzene ring substituents is 1. The molecular weight excluding hydrogens is 396 g/mol. The Morgan fingerprint density at radius 1 is 1.07 bits per heavy atom. The molecule has 0 aliphatic heterocycles. The van der Waals surface area contributed by atoms with E-state index >= 15 is 0 Å². The third kappa shape index (κ3) is 6.54. The van der Waals surface area contributed by atoms with E-state index in [-0.39, 0.29) is 16.4 Å². The number of unbranched alkanes of at least 4 members (excludes halogenated alkanes) is 1. The van der Waals surface area contributed by atoms with Crippen LogP contribution in [0.5, 0.6) is 5.75 Å². The van der Waals surface area contributed by atoms with Gasteiger partial charge in [0, 0.05) is 17.7 Å². The van der Waals surface area contributed by atoms with Crippen LogP contribution in [-0.4, -0.2) is 28.5 Å². The van der Waals surface area contributed by atoms with Gasteiger partial charge < -0.3 is 4.74 Å². The summed E-state index contributed by atoms with van der Waals surface area (Å²) < 4.78 is 5.62. The van der Waals surface area contributed by atoms with Crippen molar-refractivity contribution in [3.8, 4) is 5.75 Å². The van der Waals surface area contributed by atoms with Crippen LogP contribution in [0.3, 0.4) is 0 Å². The highest BCUT2D eigenvalue weighted by Gasteiger charge is 2.14. The summed E-state index contributed by atoms with van der Waals surface area (Å²) in [5.41, 5.74) is 5.10. The fourth-order valence-electron chi connectivity index (χ4n) is 2.23. The van der Waals surface area contributed by atoms with Gasteiger partial charge in [-0.3, -0.25) is 35.9 Å². The van der Waals surface area contributed by atoms with Gasteiger partial charge in [-0.1, -0.05) is 25.5 Å². The summed E-state index contributed by atoms with van der Waals surface area (Å²) in [5, 5.41) is 13.0. The third-order valence-electron chi connectivity index (χ3n) is 3.74. The fourth-order valence-corrected chi connectivity index (χ4v) is 2.37. The van der Waals surface area contributed by atoms with E-state index < -0.39 is 16.7 Å². The molecule has 2 rings (SSSR count). The molecule has 0 aromatic heterocycles. The summed E-state index contributed by atoms with van der Waals surface area (Å²) in [5.74, 6) is -0.616. The molecule has 9 nitrogen and oxygen atoms in total. The fraction of sp³-hybridized carbons (Fsp3) is 0.211. The zero-order valence-corrected chi connectivity index (χ0v) is 16.5. The number of ether oxygens (including phenoxy) is 1. The average molecular weight is 416 g/mol. The first-order chi connectivity index (χ1) is 13.9. The van der Waals surface area contributed by atoms with Crippen molar-refractivity contribution in [3.05, 3.63) is 69.8 Å². The Balaban J connectivity index is 1.89. The molecule has 2 amide bonds. The van der Waals surface area contributed by atoms with E-state index in [1.54, 1.807) is 24.3 Å². The average Bonchev–Trinajstić information content (AvgIpc) is 2.72. The van der Waals surface area contributed by atoms with E-state index in [1.807, 2.05) is 6.92 Å². The maximum absolute atomic E-state index is 12.4. The van der Waals surface area contributed by atoms with Crippen LogP contribution in [0.15, 0.2) is 48.5 Å². The molecule has 10 heteroatoms. The number of hydrogen-bond donors (Lipinski definition) is 3. The first kappa shape index (κ1) is 21.8. The summed E-state index contributed by atoms with van der Waals surface area (Å²) in [6, 6.07) is 11.8. The van der Waals surface area contributed by atoms with Crippen molar-refractivity contribution in [3.63, 3.8) is 0 Å². The van der Waals surface area contributed by atoms with Gasteiger partial charge in [0.25, 0.3) is 17.5 Å². The molecule has 29 heavy (non-hydrogen) atoms. The van der Waals surface area contributed by atoms with Crippen molar-refractivity contribution in [2.24, 2.45) is 0 Å². The topological polar surface area (TPSA) is 123 Å². The van der Waals surface area contributed by atoms with Gasteiger partial charge in [0.05, 0.1) is 17.1 Å². The molecule has 0 heterocycles. The predicted molar refractivity (Wildman–Crippen MR) is 111 cm³/mol. The number of nitro benzene ring substituents is 1. The lowest BCUT2D eigenvalue weighted by Crippen LogP contribution is -2.48. The second kappa shape index (κ2) is 10.7. The lowest BCUT2D eigenvalue weighted by molar-refractivity contribution is -0.384. The highest BCUT2D eigenvalue weighted by atomic mass is 32.1. The van der Waals surface area contributed by atoms with Gasteiger partial charge in [-0.05, 0) is 42.9 Å². The Kier molecular flexibility index (Phi) is 8.04. The number of carbonyl (C=O) groups excluding carboxylic acids is 2. The van der Waals surface area contributed by atoms with Crippen molar-refractivity contribution >= 4 is 34.8 Å². The second-order valence-electron chi connectivity index (χ2n) is 5.86. The van der Waals surface area contributed by atoms with Crippen molar-refractivity contribution < 1.29 is 19.2 Å². The van der Waals surface area contributed by atoms with Crippen LogP contribution in [0.25, 0.3) is 0 Å². The molecule has 0 radical (unpaired) electrons. The molecule has 0 atom stereocenters. The van der Waals surface area contributed by atoms with E-state index in [4.69, 9.17) is 17.0 Å². The van der Waals surface area contributed by atoms with E-state index in [0.717, 1.165) is 12.8 Å². The molecule has 0 unspecified atom stereocenters. The van der Waals surface area contributed by atoms with Crippen LogP contribution < -0.4 is 20.9 Å². The number of hydrazine groups is 1. The number of benzene rings is 2. The standard InChI is InChI=1S/C19H20N4O5S/c1-2-3-12-28-16-7-5-4-6-15(16)18(25)20-19(29)22-21-17(24)13-8-10-14(11-9-13)23(26)27/h4-11H,2-3,12H2,1H3,(H,21,24)(H2,20,22,25,29). The number of para-hydroxylation sites is 1. The highest BCUT2D eigenvalue weighted by molar-refractivity contribution is 7.80. The number of nitrogens with one attached hydrogen (secondary N) is 3. The van der Waals surface area contributed by atoms with Crippen LogP contribution in [0.1, 0.15) is 40.5 Å². The molecule has 2 aromatic carbocycles. The molecule has 0 spiro atoms. The second-order valence-corrected chi connectivity index (χ2v) is 6.27. The third-order valence-corrected chi connectivity index (χ3v) is 3.95. The minimum Gasteiger partial charge on any atom is -0.493 e. The normalized spacial score (nSPS) is 9.97. The molecule has 0 aliphatic rings. The number of nitro groups is 1. The first-order valence-corrected chi connectivity index (χ1v) is 9.21. The first-order valence-electron chi connectivity index (χ1n) is 8.80. The van der Waals surface area contributed by atoms with Gasteiger partial charge in [0.1, 0.15) is 5.75 Å². The molecule has 0 bridgehead atoms. The van der Waals surface area contributed by atoms with Crippen LogP contribution >= 0.6 is 12.2 Å². The molecular formula is C19H20N4O5S. The lowest BCUT2D eigenvalue weighted by atomic mass is 10.2. The van der Waals surface area contributed by atoms with Crippen LogP contribution in [0.4, 0.5) is 5.69 Å². The number of rotatable bonds is 7. The smallest absolute Gasteiger partial charge is 0.269 e. The Labute approximate surface area is 172 Å². The van der Waals surface area contributed by atoms with Crippen molar-refractivity contribution in [2.45, 2.75) is 19.8 Å². The minimum atomic E-state index is -0.570. The quantitative estimate of drug-likeness (QED) is 0.274. The summed E-state index contributed by atoms with van der Waals surface area (Å²) in [4.78, 5) is 34.6. The van der Waals surface area contributed by atoms with E-state index in [9.17, 15) is 19.7 Å². The van der Waals surface area contributed by atoms with E-state index in [0.29, 0.717) is 17.9 Å². The van der Waals surface area contributed by atoms with Gasteiger partial charge in [-0.2, -0.15) is 0 Å². The largest absolute Gasteiger partial charge is 0.493 e. The Hall–Kier alpha value is -3.53. The van der Waals surface area contributed by atoms with Crippen LogP contribution in [0, 0.1) is 10.1 Å². The lowest BCUT2D eigenvalue weighted by Gasteiger charge is -2.13. The van der Waals surface area contributed by atoms with Crippen LogP contribution in [-0.2, 0) is 0 Å². The molecule has 0 fully saturated rings. The van der Waals surface area contributed by atoms with Gasteiger partial charge in [0.15, 0.2) is 5.11 Å². The SMILES string of the molecule is CCCCOc1ccccc1C(=O)NC(=S)NNC(=O)c1ccc([N+](=O)[O-])cc1. The molecule has 2 aromatic rings. The summed E-state index contributed by atoms with van der Waals surface area (Å²) in [6.45, 7) is 2.53. The molecule has 3 N–H and O–H groups in total. The Morgan fingerprint density at radius 2 is 1.76 bits per heavy atom. The Morgan fingerprint density at radius 3 is 2.41 bits per heavy atom.